The van der Waals surface area contributed by atoms with Gasteiger partial charge in [-0.1, -0.05) is 148 Å². The first-order valence-corrected chi connectivity index (χ1v) is 26.2. The quantitative estimate of drug-likeness (QED) is 0.142. The molecule has 0 saturated carbocycles. The molecule has 364 valence electrons. The average Bonchev–Trinajstić information content (AvgIpc) is 3.70. The molecular weight excluding hydrogens is 912 g/mol. The van der Waals surface area contributed by atoms with E-state index < -0.39 is 0 Å². The SMILES string of the molecule is Cc1ccc(N(c2ccc(C)cc2)c2cc3c4c(c2)N(c2ccc(C)cc2-c2cc(C)cc(C)c2)c2ccc(C)cc2B4c2c(cc(N(c4ccc(C)cc4)c4ccc(C)cc4)c4c5ccccc5n(C)c24)O3)cc1. The van der Waals surface area contributed by atoms with Crippen LogP contribution in [0.4, 0.5) is 51.2 Å². The van der Waals surface area contributed by atoms with Crippen LogP contribution in [0.2, 0.25) is 0 Å². The minimum Gasteiger partial charge on any atom is -0.458 e. The predicted molar refractivity (Wildman–Crippen MR) is 319 cm³/mol. The van der Waals surface area contributed by atoms with Crippen LogP contribution in [0.1, 0.15) is 44.5 Å². The lowest BCUT2D eigenvalue weighted by molar-refractivity contribution is 0.488. The molecule has 2 aliphatic heterocycles. The number of hydrogen-bond donors (Lipinski definition) is 0. The van der Waals surface area contributed by atoms with Crippen molar-refractivity contribution in [3.63, 3.8) is 0 Å². The third kappa shape index (κ3) is 7.69. The van der Waals surface area contributed by atoms with E-state index in [1.54, 1.807) is 0 Å². The predicted octanol–water partition coefficient (Wildman–Crippen LogP) is 16.8. The van der Waals surface area contributed by atoms with Crippen molar-refractivity contribution in [1.29, 1.82) is 0 Å². The number of ether oxygens (including phenoxy) is 1. The molecule has 75 heavy (non-hydrogen) atoms. The lowest BCUT2D eigenvalue weighted by Crippen LogP contribution is -2.60. The summed E-state index contributed by atoms with van der Waals surface area (Å²) in [6.07, 6.45) is 0. The smallest absolute Gasteiger partial charge is 0.259 e. The second kappa shape index (κ2) is 17.7. The Morgan fingerprint density at radius 3 is 1.49 bits per heavy atom. The van der Waals surface area contributed by atoms with E-state index in [2.05, 4.69) is 276 Å². The van der Waals surface area contributed by atoms with Crippen LogP contribution in [0.25, 0.3) is 32.9 Å². The molecule has 6 heteroatoms. The third-order valence-corrected chi connectivity index (χ3v) is 15.6. The molecule has 13 rings (SSSR count). The van der Waals surface area contributed by atoms with Crippen LogP contribution >= 0.6 is 0 Å². The highest BCUT2D eigenvalue weighted by Gasteiger charge is 2.45. The Hall–Kier alpha value is -8.74. The van der Waals surface area contributed by atoms with Crippen LogP contribution in [-0.2, 0) is 7.05 Å². The fraction of sp³-hybridized carbons (Fsp3) is 0.130. The van der Waals surface area contributed by atoms with Gasteiger partial charge < -0.3 is 24.0 Å². The number of aromatic nitrogens is 1. The van der Waals surface area contributed by atoms with Gasteiger partial charge in [0.1, 0.15) is 11.5 Å². The second-order valence-electron chi connectivity index (χ2n) is 21.3. The molecule has 0 N–H and O–H groups in total. The van der Waals surface area contributed by atoms with Gasteiger partial charge in [0.05, 0.1) is 17.1 Å². The lowest BCUT2D eigenvalue weighted by atomic mass is 9.33. The van der Waals surface area contributed by atoms with Crippen LogP contribution in [0.3, 0.4) is 0 Å². The molecule has 3 heterocycles. The van der Waals surface area contributed by atoms with Crippen molar-refractivity contribution in [2.45, 2.75) is 55.4 Å². The molecular formula is C69H59BN4O. The van der Waals surface area contributed by atoms with Crippen molar-refractivity contribution >= 4 is 96.1 Å². The fourth-order valence-corrected chi connectivity index (χ4v) is 12.1. The van der Waals surface area contributed by atoms with E-state index in [9.17, 15) is 0 Å². The fourth-order valence-electron chi connectivity index (χ4n) is 12.1. The van der Waals surface area contributed by atoms with Crippen LogP contribution in [0.15, 0.2) is 194 Å². The normalized spacial score (nSPS) is 12.4. The molecule has 0 spiro atoms. The zero-order valence-corrected chi connectivity index (χ0v) is 44.2. The van der Waals surface area contributed by atoms with Gasteiger partial charge in [0.2, 0.25) is 0 Å². The minimum atomic E-state index is -0.187. The standard InChI is InChI=1S/C69H59BN4O/c1-42-14-24-51(25-15-42)72(52-26-16-43(2)17-27-52)55-39-63-67-64(40-55)75-65-41-62(73(53-28-18-44(3)19-29-53)54-30-20-45(4)21-31-54)66-56-12-10-11-13-59(56)71(9)69(66)68(65)70(67)58-38-47(6)23-33-61(58)74(63)60-32-22-46(5)37-57(60)50-35-48(7)34-49(8)36-50/h10-41H,1-9H3. The van der Waals surface area contributed by atoms with Gasteiger partial charge in [0, 0.05) is 80.7 Å². The minimum absolute atomic E-state index is 0.187. The Kier molecular flexibility index (Phi) is 10.9. The number of rotatable bonds is 8. The zero-order chi connectivity index (χ0) is 51.4. The monoisotopic (exact) mass is 970 g/mol. The largest absolute Gasteiger partial charge is 0.458 e. The average molecular weight is 971 g/mol. The van der Waals surface area contributed by atoms with Gasteiger partial charge in [0.15, 0.2) is 0 Å². The molecule has 0 fully saturated rings. The number of anilines is 9. The highest BCUT2D eigenvalue weighted by Crippen LogP contribution is 2.51. The first kappa shape index (κ1) is 46.1. The van der Waals surface area contributed by atoms with Crippen molar-refractivity contribution in [1.82, 2.24) is 4.57 Å². The summed E-state index contributed by atoms with van der Waals surface area (Å²) in [6.45, 7) is 17.3. The van der Waals surface area contributed by atoms with Crippen molar-refractivity contribution in [2.75, 3.05) is 14.7 Å². The number of benzene rings is 10. The van der Waals surface area contributed by atoms with E-state index in [4.69, 9.17) is 4.74 Å². The summed E-state index contributed by atoms with van der Waals surface area (Å²) in [7, 11) is 2.24. The van der Waals surface area contributed by atoms with Gasteiger partial charge in [-0.3, -0.25) is 0 Å². The topological polar surface area (TPSA) is 23.9 Å². The number of fused-ring (bicyclic) bond motifs is 8. The first-order chi connectivity index (χ1) is 36.4. The van der Waals surface area contributed by atoms with Crippen LogP contribution in [-0.4, -0.2) is 11.3 Å². The summed E-state index contributed by atoms with van der Waals surface area (Å²) < 4.78 is 10.2. The van der Waals surface area contributed by atoms with E-state index in [-0.39, 0.29) is 6.71 Å². The lowest BCUT2D eigenvalue weighted by Gasteiger charge is -2.42. The molecule has 0 unspecified atom stereocenters. The van der Waals surface area contributed by atoms with Gasteiger partial charge in [-0.2, -0.15) is 0 Å². The number of nitrogens with zero attached hydrogens (tertiary/aromatic N) is 4. The highest BCUT2D eigenvalue weighted by atomic mass is 16.5. The van der Waals surface area contributed by atoms with Gasteiger partial charge in [-0.25, -0.2) is 0 Å². The molecule has 0 saturated heterocycles. The molecule has 1 aromatic heterocycles. The molecule has 10 aromatic carbocycles. The molecule has 0 aliphatic carbocycles. The maximum absolute atomic E-state index is 7.79. The first-order valence-electron chi connectivity index (χ1n) is 26.2. The van der Waals surface area contributed by atoms with Gasteiger partial charge in [-0.15, -0.1) is 0 Å². The van der Waals surface area contributed by atoms with E-state index in [0.717, 1.165) is 73.7 Å². The summed E-state index contributed by atoms with van der Waals surface area (Å²) in [5, 5.41) is 2.39. The van der Waals surface area contributed by atoms with Crippen LogP contribution in [0, 0.1) is 55.4 Å². The maximum atomic E-state index is 7.79. The Balaban J connectivity index is 1.16. The van der Waals surface area contributed by atoms with Crippen molar-refractivity contribution < 1.29 is 4.74 Å². The van der Waals surface area contributed by atoms with Crippen LogP contribution in [0.5, 0.6) is 11.5 Å². The molecule has 2 aliphatic rings. The van der Waals surface area contributed by atoms with E-state index in [0.29, 0.717) is 0 Å². The third-order valence-electron chi connectivity index (χ3n) is 15.6. The highest BCUT2D eigenvalue weighted by molar-refractivity contribution is 7.00. The van der Waals surface area contributed by atoms with Crippen molar-refractivity contribution in [3.05, 3.63) is 239 Å². The zero-order valence-electron chi connectivity index (χ0n) is 44.2. The van der Waals surface area contributed by atoms with Gasteiger partial charge >= 0.3 is 0 Å². The number of para-hydroxylation sites is 1. The van der Waals surface area contributed by atoms with Crippen LogP contribution < -0.4 is 35.8 Å². The van der Waals surface area contributed by atoms with Crippen molar-refractivity contribution in [2.24, 2.45) is 7.05 Å². The molecule has 5 nitrogen and oxygen atoms in total. The number of hydrogen-bond acceptors (Lipinski definition) is 4. The Morgan fingerprint density at radius 2 is 0.907 bits per heavy atom. The summed E-state index contributed by atoms with van der Waals surface area (Å²) in [5.74, 6) is 1.68. The summed E-state index contributed by atoms with van der Waals surface area (Å²) >= 11 is 0. The van der Waals surface area contributed by atoms with Gasteiger partial charge in [-0.05, 0) is 156 Å². The van der Waals surface area contributed by atoms with Gasteiger partial charge in [0.25, 0.3) is 6.71 Å². The molecule has 0 bridgehead atoms. The van der Waals surface area contributed by atoms with E-state index in [1.807, 2.05) is 0 Å². The maximum Gasteiger partial charge on any atom is 0.259 e. The van der Waals surface area contributed by atoms with Crippen molar-refractivity contribution in [3.8, 4) is 22.6 Å². The Bertz CT molecular complexity index is 3970. The summed E-state index contributed by atoms with van der Waals surface area (Å²) in [5.41, 5.74) is 27.8. The number of aryl methyl sites for hydroxylation is 9. The Labute approximate surface area is 441 Å². The van der Waals surface area contributed by atoms with E-state index in [1.165, 1.54) is 82.8 Å². The summed E-state index contributed by atoms with van der Waals surface area (Å²) in [6, 6.07) is 72.6. The molecule has 0 radical (unpaired) electrons. The molecule has 0 atom stereocenters. The molecule has 11 aromatic rings. The summed E-state index contributed by atoms with van der Waals surface area (Å²) in [4.78, 5) is 7.36. The molecule has 0 amide bonds. The Morgan fingerprint density at radius 1 is 0.400 bits per heavy atom. The van der Waals surface area contributed by atoms with E-state index >= 15 is 0 Å². The second-order valence-corrected chi connectivity index (χ2v) is 21.3.